The molecule has 176 valence electrons. The number of thioether (sulfide) groups is 1. The number of phenolic OH excluding ortho intramolecular Hbond substituents is 1. The van der Waals surface area contributed by atoms with Gasteiger partial charge in [-0.1, -0.05) is 17.8 Å². The maximum absolute atomic E-state index is 12.2. The maximum Gasteiger partial charge on any atom is 0.270 e. The summed E-state index contributed by atoms with van der Waals surface area (Å²) in [7, 11) is 0. The number of aromatic nitrogens is 3. The molecule has 0 aliphatic heterocycles. The molecule has 3 N–H and O–H groups in total. The molecule has 1 heterocycles. The molecule has 3 rings (SSSR count). The van der Waals surface area contributed by atoms with E-state index in [0.29, 0.717) is 24.1 Å². The van der Waals surface area contributed by atoms with E-state index in [0.717, 1.165) is 21.5 Å². The third-order valence-corrected chi connectivity index (χ3v) is 6.03. The number of halogens is 1. The van der Waals surface area contributed by atoms with E-state index < -0.39 is 10.8 Å². The number of aromatic hydroxyl groups is 1. The predicted octanol–water partition coefficient (Wildman–Crippen LogP) is 3.54. The molecule has 13 heteroatoms. The van der Waals surface area contributed by atoms with Crippen LogP contribution < -0.4 is 10.7 Å². The number of phenols is 1. The zero-order valence-corrected chi connectivity index (χ0v) is 20.7. The Morgan fingerprint density at radius 1 is 1.29 bits per heavy atom. The molecule has 0 radical (unpaired) electrons. The number of hydrazone groups is 1. The third-order valence-electron chi connectivity index (χ3n) is 4.35. The highest BCUT2D eigenvalue weighted by Crippen LogP contribution is 2.21. The number of amides is 1. The van der Waals surface area contributed by atoms with E-state index >= 15 is 0 Å². The topological polar surface area (TPSA) is 148 Å². The van der Waals surface area contributed by atoms with Gasteiger partial charge in [-0.2, -0.15) is 5.10 Å². The second kappa shape index (κ2) is 12.1. The first kappa shape index (κ1) is 25.2. The van der Waals surface area contributed by atoms with Gasteiger partial charge in [-0.05, 0) is 52.9 Å². The van der Waals surface area contributed by atoms with Crippen LogP contribution in [-0.2, 0) is 17.9 Å². The minimum atomic E-state index is -0.588. The molecule has 0 saturated heterocycles. The summed E-state index contributed by atoms with van der Waals surface area (Å²) in [4.78, 5) is 22.4. The molecule has 2 aromatic carbocycles. The lowest BCUT2D eigenvalue weighted by Crippen LogP contribution is -2.20. The zero-order chi connectivity index (χ0) is 24.5. The molecule has 0 saturated carbocycles. The van der Waals surface area contributed by atoms with Gasteiger partial charge in [0, 0.05) is 33.5 Å². The molecule has 0 fully saturated rings. The van der Waals surface area contributed by atoms with Crippen LogP contribution in [0.3, 0.4) is 0 Å². The third kappa shape index (κ3) is 7.02. The molecule has 11 nitrogen and oxygen atoms in total. The van der Waals surface area contributed by atoms with E-state index in [2.05, 4.69) is 55.2 Å². The minimum absolute atomic E-state index is 0.0120. The van der Waals surface area contributed by atoms with Crippen LogP contribution in [0.2, 0.25) is 0 Å². The first-order valence-electron chi connectivity index (χ1n) is 9.82. The van der Waals surface area contributed by atoms with Gasteiger partial charge < -0.3 is 15.0 Å². The second-order valence-corrected chi connectivity index (χ2v) is 8.93. The summed E-state index contributed by atoms with van der Waals surface area (Å²) in [5.74, 6) is 0.0956. The van der Waals surface area contributed by atoms with Gasteiger partial charge in [0.05, 0.1) is 23.4 Å². The van der Waals surface area contributed by atoms with E-state index in [4.69, 9.17) is 0 Å². The Hall–Kier alpha value is -3.46. The molecule has 0 atom stereocenters. The van der Waals surface area contributed by atoms with Crippen LogP contribution in [0.5, 0.6) is 5.75 Å². The summed E-state index contributed by atoms with van der Waals surface area (Å²) < 4.78 is 3.00. The number of hydrogen-bond acceptors (Lipinski definition) is 9. The SMILES string of the molecule is C=CCn1c(CNc2ccc(I)cc2)nnc1SCC(=O)NN=Cc1cc([N+](=O)[O-])ccc1O. The van der Waals surface area contributed by atoms with Gasteiger partial charge in [0.2, 0.25) is 0 Å². The van der Waals surface area contributed by atoms with Crippen LogP contribution >= 0.6 is 34.4 Å². The Labute approximate surface area is 212 Å². The number of allylic oxidation sites excluding steroid dienone is 1. The lowest BCUT2D eigenvalue weighted by molar-refractivity contribution is -0.384. The molecule has 0 aliphatic rings. The standard InChI is InChI=1S/C21H20IN7O4S/c1-2-9-28-19(12-23-16-5-3-15(22)4-6-16)25-27-21(28)34-13-20(31)26-24-11-14-10-17(29(32)33)7-8-18(14)30/h2-8,10-11,23,30H,1,9,12-13H2,(H,26,31). The Kier molecular flexibility index (Phi) is 8.98. The lowest BCUT2D eigenvalue weighted by atomic mass is 10.2. The van der Waals surface area contributed by atoms with Gasteiger partial charge in [0.15, 0.2) is 11.0 Å². The van der Waals surface area contributed by atoms with Crippen LogP contribution in [0.1, 0.15) is 11.4 Å². The van der Waals surface area contributed by atoms with Crippen molar-refractivity contribution in [1.29, 1.82) is 0 Å². The predicted molar refractivity (Wildman–Crippen MR) is 138 cm³/mol. The van der Waals surface area contributed by atoms with Crippen molar-refractivity contribution in [2.24, 2.45) is 5.10 Å². The van der Waals surface area contributed by atoms with Crippen molar-refractivity contribution in [1.82, 2.24) is 20.2 Å². The van der Waals surface area contributed by atoms with Crippen LogP contribution in [0.25, 0.3) is 0 Å². The number of anilines is 1. The number of nitro benzene ring substituents is 1. The number of carbonyl (C=O) groups excluding carboxylic acids is 1. The van der Waals surface area contributed by atoms with Gasteiger partial charge >= 0.3 is 0 Å². The van der Waals surface area contributed by atoms with Crippen LogP contribution in [0.15, 0.2) is 65.4 Å². The van der Waals surface area contributed by atoms with Crippen molar-refractivity contribution in [2.45, 2.75) is 18.2 Å². The molecule has 1 aromatic heterocycles. The monoisotopic (exact) mass is 593 g/mol. The molecule has 34 heavy (non-hydrogen) atoms. The fourth-order valence-corrected chi connectivity index (χ4v) is 3.83. The number of nitrogens with one attached hydrogen (secondary N) is 2. The first-order chi connectivity index (χ1) is 16.4. The summed E-state index contributed by atoms with van der Waals surface area (Å²) >= 11 is 3.42. The fraction of sp³-hybridized carbons (Fsp3) is 0.143. The van der Waals surface area contributed by atoms with Crippen LogP contribution in [0.4, 0.5) is 11.4 Å². The highest BCUT2D eigenvalue weighted by atomic mass is 127. The summed E-state index contributed by atoms with van der Waals surface area (Å²) in [6, 6.07) is 11.5. The molecule has 3 aromatic rings. The van der Waals surface area contributed by atoms with E-state index in [1.807, 2.05) is 28.8 Å². The maximum atomic E-state index is 12.2. The Balaban J connectivity index is 1.57. The van der Waals surface area contributed by atoms with Gasteiger partial charge in [0.25, 0.3) is 11.6 Å². The Morgan fingerprint density at radius 2 is 2.06 bits per heavy atom. The number of carbonyl (C=O) groups is 1. The summed E-state index contributed by atoms with van der Waals surface area (Å²) in [6.07, 6.45) is 2.86. The largest absolute Gasteiger partial charge is 0.507 e. The van der Waals surface area contributed by atoms with Crippen molar-refractivity contribution < 1.29 is 14.8 Å². The molecular weight excluding hydrogens is 573 g/mol. The molecule has 0 bridgehead atoms. The number of nitro groups is 1. The van der Waals surface area contributed by atoms with E-state index in [9.17, 15) is 20.0 Å². The minimum Gasteiger partial charge on any atom is -0.507 e. The smallest absolute Gasteiger partial charge is 0.270 e. The average Bonchev–Trinajstić information content (AvgIpc) is 3.20. The fourth-order valence-electron chi connectivity index (χ4n) is 2.71. The lowest BCUT2D eigenvalue weighted by Gasteiger charge is -2.09. The first-order valence-corrected chi connectivity index (χ1v) is 11.9. The molecule has 0 unspecified atom stereocenters. The van der Waals surface area contributed by atoms with Crippen molar-refractivity contribution >= 4 is 57.8 Å². The number of rotatable bonds is 11. The van der Waals surface area contributed by atoms with Crippen LogP contribution in [0, 0.1) is 13.7 Å². The second-order valence-electron chi connectivity index (χ2n) is 6.74. The molecule has 0 aliphatic carbocycles. The van der Waals surface area contributed by atoms with Crippen molar-refractivity contribution in [3.05, 3.63) is 80.2 Å². The Morgan fingerprint density at radius 3 is 2.76 bits per heavy atom. The Bertz CT molecular complexity index is 1210. The summed E-state index contributed by atoms with van der Waals surface area (Å²) in [5, 5.41) is 36.6. The van der Waals surface area contributed by atoms with Gasteiger partial charge in [0.1, 0.15) is 5.75 Å². The summed E-state index contributed by atoms with van der Waals surface area (Å²) in [6.45, 7) is 4.69. The number of non-ortho nitro benzene ring substituents is 1. The average molecular weight is 593 g/mol. The number of nitrogens with zero attached hydrogens (tertiary/aromatic N) is 5. The molecule has 0 spiro atoms. The van der Waals surface area contributed by atoms with Gasteiger partial charge in [-0.15, -0.1) is 16.8 Å². The van der Waals surface area contributed by atoms with E-state index in [1.165, 1.54) is 23.9 Å². The highest BCUT2D eigenvalue weighted by molar-refractivity contribution is 14.1. The van der Waals surface area contributed by atoms with Gasteiger partial charge in [-0.25, -0.2) is 5.43 Å². The number of benzene rings is 2. The van der Waals surface area contributed by atoms with Gasteiger partial charge in [-0.3, -0.25) is 14.9 Å². The highest BCUT2D eigenvalue weighted by Gasteiger charge is 2.14. The van der Waals surface area contributed by atoms with Crippen molar-refractivity contribution in [3.63, 3.8) is 0 Å². The van der Waals surface area contributed by atoms with E-state index in [1.54, 1.807) is 6.08 Å². The zero-order valence-electron chi connectivity index (χ0n) is 17.7. The van der Waals surface area contributed by atoms with Crippen molar-refractivity contribution in [2.75, 3.05) is 11.1 Å². The normalized spacial score (nSPS) is 10.9. The quantitative estimate of drug-likeness (QED) is 0.0764. The van der Waals surface area contributed by atoms with Crippen LogP contribution in [-0.4, -0.2) is 42.7 Å². The molecular formula is C21H20IN7O4S. The molecule has 1 amide bonds. The van der Waals surface area contributed by atoms with Crippen molar-refractivity contribution in [3.8, 4) is 5.75 Å². The summed E-state index contributed by atoms with van der Waals surface area (Å²) in [5.41, 5.74) is 3.19. The number of hydrogen-bond donors (Lipinski definition) is 3. The van der Waals surface area contributed by atoms with E-state index in [-0.39, 0.29) is 22.8 Å².